The summed E-state index contributed by atoms with van der Waals surface area (Å²) in [5, 5.41) is 9.00. The Balaban J connectivity index is 2.31. The summed E-state index contributed by atoms with van der Waals surface area (Å²) in [4.78, 5) is 17.0. The van der Waals surface area contributed by atoms with Gasteiger partial charge in [0.15, 0.2) is 5.69 Å². The molecule has 2 heterocycles. The molecule has 1 atom stereocenters. The fraction of sp³-hybridized carbons (Fsp3) is 0.455. The van der Waals surface area contributed by atoms with Crippen molar-refractivity contribution in [1.82, 2.24) is 4.98 Å². The van der Waals surface area contributed by atoms with Crippen LogP contribution in [0, 0.1) is 5.92 Å². The number of hydrogen-bond acceptors (Lipinski definition) is 3. The Hall–Kier alpha value is -1.58. The van der Waals surface area contributed by atoms with Gasteiger partial charge in [0.05, 0.1) is 5.69 Å². The van der Waals surface area contributed by atoms with Crippen LogP contribution >= 0.6 is 0 Å². The Labute approximate surface area is 88.6 Å². The maximum absolute atomic E-state index is 11.0. The minimum Gasteiger partial charge on any atom is -0.476 e. The van der Waals surface area contributed by atoms with Gasteiger partial charge in [-0.3, -0.25) is 0 Å². The van der Waals surface area contributed by atoms with Crippen molar-refractivity contribution >= 4 is 11.7 Å². The Morgan fingerprint density at radius 1 is 1.67 bits per heavy atom. The number of carboxylic acids is 1. The topological polar surface area (TPSA) is 53.4 Å². The molecule has 1 aromatic rings. The second-order valence-electron chi connectivity index (χ2n) is 4.02. The lowest BCUT2D eigenvalue weighted by Crippen LogP contribution is -2.22. The van der Waals surface area contributed by atoms with Gasteiger partial charge in [-0.25, -0.2) is 9.78 Å². The largest absolute Gasteiger partial charge is 0.476 e. The van der Waals surface area contributed by atoms with Crippen LogP contribution in [0.25, 0.3) is 0 Å². The summed E-state index contributed by atoms with van der Waals surface area (Å²) in [5.41, 5.74) is 0.904. The van der Waals surface area contributed by atoms with Crippen LogP contribution in [0.4, 0.5) is 5.69 Å². The van der Waals surface area contributed by atoms with Gasteiger partial charge in [0.2, 0.25) is 0 Å². The zero-order valence-electron chi connectivity index (χ0n) is 8.68. The Morgan fingerprint density at radius 2 is 2.47 bits per heavy atom. The summed E-state index contributed by atoms with van der Waals surface area (Å²) in [7, 11) is 0. The number of pyridine rings is 1. The number of carbonyl (C=O) groups is 1. The van der Waals surface area contributed by atoms with E-state index in [9.17, 15) is 4.79 Å². The van der Waals surface area contributed by atoms with Crippen LogP contribution in [0.2, 0.25) is 0 Å². The van der Waals surface area contributed by atoms with E-state index in [0.29, 0.717) is 5.92 Å². The molecule has 0 spiro atoms. The van der Waals surface area contributed by atoms with E-state index in [-0.39, 0.29) is 5.69 Å². The van der Waals surface area contributed by atoms with Crippen LogP contribution in [0.3, 0.4) is 0 Å². The molecule has 1 saturated heterocycles. The third kappa shape index (κ3) is 1.93. The van der Waals surface area contributed by atoms with Crippen LogP contribution in [0.5, 0.6) is 0 Å². The quantitative estimate of drug-likeness (QED) is 0.799. The second kappa shape index (κ2) is 3.88. The molecule has 1 aliphatic rings. The Kier molecular flexibility index (Phi) is 2.58. The van der Waals surface area contributed by atoms with E-state index < -0.39 is 5.97 Å². The second-order valence-corrected chi connectivity index (χ2v) is 4.02. The summed E-state index contributed by atoms with van der Waals surface area (Å²) in [6, 6.07) is 3.61. The van der Waals surface area contributed by atoms with Crippen molar-refractivity contribution in [3.8, 4) is 0 Å². The summed E-state index contributed by atoms with van der Waals surface area (Å²) in [6.07, 6.45) is 2.64. The van der Waals surface area contributed by atoms with Gasteiger partial charge >= 0.3 is 5.97 Å². The molecule has 1 unspecified atom stereocenters. The number of rotatable bonds is 2. The molecule has 4 nitrogen and oxygen atoms in total. The predicted molar refractivity (Wildman–Crippen MR) is 57.2 cm³/mol. The molecule has 0 aromatic carbocycles. The van der Waals surface area contributed by atoms with E-state index in [4.69, 9.17) is 5.11 Å². The SMILES string of the molecule is CC1CCN(c2cccnc2C(=O)O)C1. The molecule has 1 N–H and O–H groups in total. The van der Waals surface area contributed by atoms with Gasteiger partial charge in [-0.15, -0.1) is 0 Å². The van der Waals surface area contributed by atoms with Crippen LogP contribution in [0.15, 0.2) is 18.3 Å². The molecule has 4 heteroatoms. The van der Waals surface area contributed by atoms with Crippen molar-refractivity contribution < 1.29 is 9.90 Å². The molecule has 0 radical (unpaired) electrons. The molecule has 0 saturated carbocycles. The fourth-order valence-electron chi connectivity index (χ4n) is 1.97. The lowest BCUT2D eigenvalue weighted by Gasteiger charge is -2.19. The van der Waals surface area contributed by atoms with Gasteiger partial charge < -0.3 is 10.0 Å². The van der Waals surface area contributed by atoms with Crippen LogP contribution in [-0.4, -0.2) is 29.1 Å². The van der Waals surface area contributed by atoms with Gasteiger partial charge in [-0.1, -0.05) is 6.92 Å². The van der Waals surface area contributed by atoms with Gasteiger partial charge in [-0.05, 0) is 24.5 Å². The number of aromatic carboxylic acids is 1. The summed E-state index contributed by atoms with van der Waals surface area (Å²) < 4.78 is 0. The predicted octanol–water partition coefficient (Wildman–Crippen LogP) is 1.63. The van der Waals surface area contributed by atoms with Crippen LogP contribution in [-0.2, 0) is 0 Å². The molecule has 0 amide bonds. The van der Waals surface area contributed by atoms with E-state index in [1.807, 2.05) is 6.07 Å². The van der Waals surface area contributed by atoms with Crippen molar-refractivity contribution in [2.45, 2.75) is 13.3 Å². The molecule has 1 aliphatic heterocycles. The zero-order chi connectivity index (χ0) is 10.8. The first kappa shape index (κ1) is 9.96. The van der Waals surface area contributed by atoms with Crippen molar-refractivity contribution in [2.75, 3.05) is 18.0 Å². The molecule has 0 bridgehead atoms. The highest BCUT2D eigenvalue weighted by atomic mass is 16.4. The normalized spacial score (nSPS) is 20.6. The van der Waals surface area contributed by atoms with Gasteiger partial charge in [0.25, 0.3) is 0 Å². The first-order valence-corrected chi connectivity index (χ1v) is 5.11. The molecule has 2 rings (SSSR count). The number of nitrogens with zero attached hydrogens (tertiary/aromatic N) is 2. The van der Waals surface area contributed by atoms with Crippen molar-refractivity contribution in [2.24, 2.45) is 5.92 Å². The minimum absolute atomic E-state index is 0.159. The van der Waals surface area contributed by atoms with Gasteiger partial charge in [0.1, 0.15) is 0 Å². The highest BCUT2D eigenvalue weighted by Gasteiger charge is 2.23. The molecule has 1 fully saturated rings. The number of hydrogen-bond donors (Lipinski definition) is 1. The monoisotopic (exact) mass is 206 g/mol. The molecular weight excluding hydrogens is 192 g/mol. The lowest BCUT2D eigenvalue weighted by molar-refractivity contribution is 0.0691. The fourth-order valence-corrected chi connectivity index (χ4v) is 1.97. The number of carboxylic acid groups (broad SMARTS) is 1. The highest BCUT2D eigenvalue weighted by Crippen LogP contribution is 2.25. The number of aromatic nitrogens is 1. The average molecular weight is 206 g/mol. The van der Waals surface area contributed by atoms with Gasteiger partial charge in [-0.2, -0.15) is 0 Å². The van der Waals surface area contributed by atoms with E-state index in [2.05, 4.69) is 16.8 Å². The maximum atomic E-state index is 11.0. The van der Waals surface area contributed by atoms with Crippen molar-refractivity contribution in [1.29, 1.82) is 0 Å². The molecule has 80 valence electrons. The van der Waals surface area contributed by atoms with E-state index in [1.165, 1.54) is 6.20 Å². The van der Waals surface area contributed by atoms with Crippen molar-refractivity contribution in [3.63, 3.8) is 0 Å². The highest BCUT2D eigenvalue weighted by molar-refractivity contribution is 5.92. The van der Waals surface area contributed by atoms with Crippen molar-refractivity contribution in [3.05, 3.63) is 24.0 Å². The average Bonchev–Trinajstić information content (AvgIpc) is 2.65. The van der Waals surface area contributed by atoms with Crippen LogP contribution < -0.4 is 4.90 Å². The molecule has 15 heavy (non-hydrogen) atoms. The maximum Gasteiger partial charge on any atom is 0.356 e. The minimum atomic E-state index is -0.954. The van der Waals surface area contributed by atoms with Crippen LogP contribution in [0.1, 0.15) is 23.8 Å². The molecular formula is C11H14N2O2. The molecule has 0 aliphatic carbocycles. The molecule has 1 aromatic heterocycles. The first-order valence-electron chi connectivity index (χ1n) is 5.11. The van der Waals surface area contributed by atoms with E-state index >= 15 is 0 Å². The third-order valence-electron chi connectivity index (χ3n) is 2.75. The Bertz CT molecular complexity index is 379. The summed E-state index contributed by atoms with van der Waals surface area (Å²) >= 11 is 0. The van der Waals surface area contributed by atoms with E-state index in [1.54, 1.807) is 6.07 Å². The number of anilines is 1. The summed E-state index contributed by atoms with van der Waals surface area (Å²) in [6.45, 7) is 4.02. The zero-order valence-corrected chi connectivity index (χ0v) is 8.68. The standard InChI is InChI=1S/C11H14N2O2/c1-8-4-6-13(7-8)9-3-2-5-12-10(9)11(14)15/h2-3,5,8H,4,6-7H2,1H3,(H,14,15). The van der Waals surface area contributed by atoms with Gasteiger partial charge in [0, 0.05) is 19.3 Å². The van der Waals surface area contributed by atoms with E-state index in [0.717, 1.165) is 25.2 Å². The summed E-state index contributed by atoms with van der Waals surface area (Å²) in [5.74, 6) is -0.322. The lowest BCUT2D eigenvalue weighted by atomic mass is 10.2. The third-order valence-corrected chi connectivity index (χ3v) is 2.75. The smallest absolute Gasteiger partial charge is 0.356 e. The Morgan fingerprint density at radius 3 is 3.07 bits per heavy atom. The first-order chi connectivity index (χ1) is 7.18.